The summed E-state index contributed by atoms with van der Waals surface area (Å²) >= 11 is 13.4. The molecule has 0 atom stereocenters. The molecule has 0 radical (unpaired) electrons. The number of rotatable bonds is 7. The van der Waals surface area contributed by atoms with Gasteiger partial charge >= 0.3 is 0 Å². The van der Waals surface area contributed by atoms with Gasteiger partial charge in [-0.1, -0.05) is 29.8 Å². The third kappa shape index (κ3) is 4.76. The van der Waals surface area contributed by atoms with Crippen LogP contribution >= 0.6 is 23.2 Å². The quantitative estimate of drug-likeness (QED) is 0.307. The number of carbonyl (C=O) groups excluding carboxylic acids is 1. The fraction of sp³-hybridized carbons (Fsp3) is 0.308. The van der Waals surface area contributed by atoms with Gasteiger partial charge in [0.1, 0.15) is 17.1 Å². The first-order valence-corrected chi connectivity index (χ1v) is 12.6. The Morgan fingerprint density at radius 3 is 2.38 bits per heavy atom. The molecule has 192 valence electrons. The van der Waals surface area contributed by atoms with Gasteiger partial charge in [0.15, 0.2) is 5.65 Å². The minimum atomic E-state index is -0.132. The smallest absolute Gasteiger partial charge is 0.243 e. The van der Waals surface area contributed by atoms with Crippen LogP contribution in [0.3, 0.4) is 0 Å². The Kier molecular flexibility index (Phi) is 7.08. The molecule has 3 aromatic heterocycles. The van der Waals surface area contributed by atoms with E-state index in [0.29, 0.717) is 49.9 Å². The lowest BCUT2D eigenvalue weighted by Crippen LogP contribution is -2.39. The van der Waals surface area contributed by atoms with E-state index in [-0.39, 0.29) is 18.0 Å². The van der Waals surface area contributed by atoms with Crippen LogP contribution in [0.2, 0.25) is 10.0 Å². The highest BCUT2D eigenvalue weighted by Gasteiger charge is 2.24. The summed E-state index contributed by atoms with van der Waals surface area (Å²) in [6.07, 6.45) is 10.2. The lowest BCUT2D eigenvalue weighted by Gasteiger charge is -2.29. The molecule has 1 saturated carbocycles. The van der Waals surface area contributed by atoms with Crippen molar-refractivity contribution in [2.24, 2.45) is 0 Å². The Hall–Kier alpha value is -3.56. The first-order valence-electron chi connectivity index (χ1n) is 11.9. The predicted octanol–water partition coefficient (Wildman–Crippen LogP) is 5.29. The predicted molar refractivity (Wildman–Crippen MR) is 145 cm³/mol. The zero-order valence-corrected chi connectivity index (χ0v) is 21.9. The Morgan fingerprint density at radius 2 is 1.73 bits per heavy atom. The summed E-state index contributed by atoms with van der Waals surface area (Å²) in [6, 6.07) is 3.95. The van der Waals surface area contributed by atoms with E-state index in [2.05, 4.69) is 27.2 Å². The van der Waals surface area contributed by atoms with Gasteiger partial charge in [-0.2, -0.15) is 4.98 Å². The summed E-state index contributed by atoms with van der Waals surface area (Å²) in [5.74, 6) is 1.29. The standard InChI is InChI=1S/C26H26Cl2N6O3/c1-4-20(35)31-15-5-7-16(8-6-15)32-26-30-13-14-11-17(25-29-9-10-34(25)24(14)33-26)21-22(27)18(36-2)12-19(37-3)23(21)28/h4,9-13,15-16H,1,5-8H2,2-3H3,(H,31,35)(H,30,32,33). The van der Waals surface area contributed by atoms with Crippen LogP contribution in [0.15, 0.2) is 43.4 Å². The number of methoxy groups -OCH3 is 2. The zero-order chi connectivity index (χ0) is 26.1. The van der Waals surface area contributed by atoms with E-state index in [1.807, 2.05) is 16.7 Å². The topological polar surface area (TPSA) is 103 Å². The Labute approximate surface area is 223 Å². The van der Waals surface area contributed by atoms with Crippen LogP contribution in [-0.4, -0.2) is 51.6 Å². The van der Waals surface area contributed by atoms with E-state index >= 15 is 0 Å². The number of halogens is 2. The van der Waals surface area contributed by atoms with Crippen molar-refractivity contribution in [3.63, 3.8) is 0 Å². The second kappa shape index (κ2) is 10.4. The fourth-order valence-electron chi connectivity index (χ4n) is 4.77. The molecule has 1 amide bonds. The molecule has 37 heavy (non-hydrogen) atoms. The van der Waals surface area contributed by atoms with Crippen molar-refractivity contribution in [1.82, 2.24) is 24.7 Å². The second-order valence-electron chi connectivity index (χ2n) is 8.84. The molecule has 5 rings (SSSR count). The lowest BCUT2D eigenvalue weighted by molar-refractivity contribution is -0.117. The summed E-state index contributed by atoms with van der Waals surface area (Å²) in [5, 5.41) is 7.93. The molecule has 0 unspecified atom stereocenters. The average Bonchev–Trinajstić information content (AvgIpc) is 3.41. The van der Waals surface area contributed by atoms with Gasteiger partial charge < -0.3 is 20.1 Å². The summed E-state index contributed by atoms with van der Waals surface area (Å²) in [6.45, 7) is 3.51. The molecule has 1 aromatic carbocycles. The number of hydrogen-bond donors (Lipinski definition) is 2. The number of pyridine rings is 1. The first kappa shape index (κ1) is 25.1. The van der Waals surface area contributed by atoms with E-state index < -0.39 is 0 Å². The summed E-state index contributed by atoms with van der Waals surface area (Å²) < 4.78 is 12.8. The number of benzene rings is 1. The van der Waals surface area contributed by atoms with Crippen molar-refractivity contribution < 1.29 is 14.3 Å². The van der Waals surface area contributed by atoms with E-state index in [4.69, 9.17) is 37.7 Å². The minimum absolute atomic E-state index is 0.132. The Morgan fingerprint density at radius 1 is 1.05 bits per heavy atom. The largest absolute Gasteiger partial charge is 0.495 e. The Bertz CT molecular complexity index is 1470. The molecule has 0 spiro atoms. The number of nitrogens with one attached hydrogen (secondary N) is 2. The lowest BCUT2D eigenvalue weighted by atomic mass is 9.91. The molecular weight excluding hydrogens is 515 g/mol. The van der Waals surface area contributed by atoms with Crippen molar-refractivity contribution in [2.75, 3.05) is 19.5 Å². The summed E-state index contributed by atoms with van der Waals surface area (Å²) in [7, 11) is 3.08. The molecule has 0 bridgehead atoms. The molecule has 4 aromatic rings. The van der Waals surface area contributed by atoms with Crippen molar-refractivity contribution in [3.05, 3.63) is 53.4 Å². The molecule has 0 saturated heterocycles. The van der Waals surface area contributed by atoms with Gasteiger partial charge in [-0.25, -0.2) is 9.97 Å². The number of ether oxygens (including phenoxy) is 2. The van der Waals surface area contributed by atoms with Gasteiger partial charge in [0.25, 0.3) is 0 Å². The normalized spacial score (nSPS) is 17.5. The number of amides is 1. The van der Waals surface area contributed by atoms with Gasteiger partial charge in [0, 0.05) is 53.3 Å². The molecular formula is C26H26Cl2N6O3. The van der Waals surface area contributed by atoms with Gasteiger partial charge in [-0.3, -0.25) is 9.20 Å². The van der Waals surface area contributed by atoms with E-state index in [1.165, 1.54) is 20.3 Å². The zero-order valence-electron chi connectivity index (χ0n) is 20.4. The van der Waals surface area contributed by atoms with Crippen LogP contribution in [0, 0.1) is 0 Å². The van der Waals surface area contributed by atoms with Crippen LogP contribution in [0.25, 0.3) is 27.8 Å². The van der Waals surface area contributed by atoms with Crippen LogP contribution in [0.1, 0.15) is 25.7 Å². The van der Waals surface area contributed by atoms with E-state index in [1.54, 1.807) is 18.5 Å². The van der Waals surface area contributed by atoms with Crippen LogP contribution in [0.5, 0.6) is 11.5 Å². The number of imidazole rings is 1. The van der Waals surface area contributed by atoms with Gasteiger partial charge in [0.2, 0.25) is 11.9 Å². The molecule has 1 aliphatic carbocycles. The summed E-state index contributed by atoms with van der Waals surface area (Å²) in [5.41, 5.74) is 2.59. The summed E-state index contributed by atoms with van der Waals surface area (Å²) in [4.78, 5) is 25.5. The Balaban J connectivity index is 1.48. The minimum Gasteiger partial charge on any atom is -0.495 e. The number of fused-ring (bicyclic) bond motifs is 3. The number of anilines is 1. The van der Waals surface area contributed by atoms with Crippen LogP contribution < -0.4 is 20.1 Å². The monoisotopic (exact) mass is 540 g/mol. The van der Waals surface area contributed by atoms with Crippen molar-refractivity contribution in [2.45, 2.75) is 37.8 Å². The molecule has 3 heterocycles. The highest BCUT2D eigenvalue weighted by molar-refractivity contribution is 6.41. The highest BCUT2D eigenvalue weighted by Crippen LogP contribution is 2.47. The van der Waals surface area contributed by atoms with Crippen molar-refractivity contribution in [3.8, 4) is 22.6 Å². The molecule has 11 heteroatoms. The van der Waals surface area contributed by atoms with Gasteiger partial charge in [-0.05, 0) is 37.8 Å². The highest BCUT2D eigenvalue weighted by atomic mass is 35.5. The number of nitrogens with zero attached hydrogens (tertiary/aromatic N) is 4. The molecule has 9 nitrogen and oxygen atoms in total. The third-order valence-electron chi connectivity index (χ3n) is 6.64. The molecule has 2 N–H and O–H groups in total. The van der Waals surface area contributed by atoms with Crippen LogP contribution in [-0.2, 0) is 4.79 Å². The molecule has 1 fully saturated rings. The third-order valence-corrected chi connectivity index (χ3v) is 7.39. The molecule has 0 aliphatic heterocycles. The second-order valence-corrected chi connectivity index (χ2v) is 9.60. The van der Waals surface area contributed by atoms with Gasteiger partial charge in [-0.15, -0.1) is 0 Å². The number of aromatic nitrogens is 4. The SMILES string of the molecule is C=CC(=O)NC1CCC(Nc2ncc3cc(-c4c(Cl)c(OC)cc(OC)c4Cl)c4nccn4c3n2)CC1. The fourth-order valence-corrected chi connectivity index (χ4v) is 5.48. The maximum atomic E-state index is 11.6. The van der Waals surface area contributed by atoms with Gasteiger partial charge in [0.05, 0.1) is 24.3 Å². The van der Waals surface area contributed by atoms with E-state index in [9.17, 15) is 4.79 Å². The maximum absolute atomic E-state index is 11.6. The number of hydrogen-bond acceptors (Lipinski definition) is 7. The van der Waals surface area contributed by atoms with Crippen molar-refractivity contribution >= 4 is 51.7 Å². The molecule has 1 aliphatic rings. The average molecular weight is 541 g/mol. The number of carbonyl (C=O) groups is 1. The first-order chi connectivity index (χ1) is 17.9. The van der Waals surface area contributed by atoms with Crippen molar-refractivity contribution in [1.29, 1.82) is 0 Å². The van der Waals surface area contributed by atoms with Crippen LogP contribution in [0.4, 0.5) is 5.95 Å². The maximum Gasteiger partial charge on any atom is 0.243 e. The van der Waals surface area contributed by atoms with E-state index in [0.717, 1.165) is 31.1 Å².